The topological polar surface area (TPSA) is 85.9 Å². The van der Waals surface area contributed by atoms with E-state index in [2.05, 4.69) is 14.6 Å². The minimum atomic E-state index is -4.83. The molecule has 2 amide bonds. The summed E-state index contributed by atoms with van der Waals surface area (Å²) in [6, 6.07) is 2.54. The largest absolute Gasteiger partial charge is 0.507 e. The number of para-hydroxylation sites is 1. The van der Waals surface area contributed by atoms with Gasteiger partial charge in [0.05, 0.1) is 6.21 Å². The van der Waals surface area contributed by atoms with Gasteiger partial charge in [0.2, 0.25) is 0 Å². The van der Waals surface area contributed by atoms with Crippen LogP contribution in [0.5, 0.6) is 11.5 Å². The van der Waals surface area contributed by atoms with Gasteiger partial charge in [-0.25, -0.2) is 10.2 Å². The molecule has 1 aliphatic rings. The van der Waals surface area contributed by atoms with Crippen LogP contribution >= 0.6 is 0 Å². The highest BCUT2D eigenvalue weighted by Crippen LogP contribution is 2.47. The van der Waals surface area contributed by atoms with E-state index in [0.717, 1.165) is 12.3 Å². The fourth-order valence-corrected chi connectivity index (χ4v) is 1.37. The van der Waals surface area contributed by atoms with Crippen LogP contribution in [-0.4, -0.2) is 24.5 Å². The van der Waals surface area contributed by atoms with Gasteiger partial charge < -0.3 is 15.2 Å². The van der Waals surface area contributed by atoms with Crippen molar-refractivity contribution in [1.29, 1.82) is 0 Å². The zero-order valence-corrected chi connectivity index (χ0v) is 9.57. The number of amides is 2. The number of hydrazone groups is 1. The SMILES string of the molecule is NC(=O)NN=Cc1cccc2c1OC(F)(F)C(F)(F)O2. The molecule has 1 aromatic rings. The zero-order valence-electron chi connectivity index (χ0n) is 9.57. The van der Waals surface area contributed by atoms with E-state index in [0.29, 0.717) is 0 Å². The summed E-state index contributed by atoms with van der Waals surface area (Å²) < 4.78 is 59.9. The number of nitrogens with two attached hydrogens (primary N) is 1. The van der Waals surface area contributed by atoms with E-state index in [-0.39, 0.29) is 5.56 Å². The summed E-state index contributed by atoms with van der Waals surface area (Å²) in [7, 11) is 0. The summed E-state index contributed by atoms with van der Waals surface area (Å²) in [4.78, 5) is 10.4. The van der Waals surface area contributed by atoms with Crippen molar-refractivity contribution in [3.05, 3.63) is 23.8 Å². The molecule has 20 heavy (non-hydrogen) atoms. The van der Waals surface area contributed by atoms with Gasteiger partial charge in [0.25, 0.3) is 0 Å². The van der Waals surface area contributed by atoms with Gasteiger partial charge in [-0.3, -0.25) is 0 Å². The lowest BCUT2D eigenvalue weighted by atomic mass is 10.2. The van der Waals surface area contributed by atoms with Crippen molar-refractivity contribution < 1.29 is 31.8 Å². The number of carbonyl (C=O) groups is 1. The Morgan fingerprint density at radius 3 is 2.55 bits per heavy atom. The molecule has 0 saturated heterocycles. The summed E-state index contributed by atoms with van der Waals surface area (Å²) >= 11 is 0. The van der Waals surface area contributed by atoms with Crippen LogP contribution in [-0.2, 0) is 0 Å². The summed E-state index contributed by atoms with van der Waals surface area (Å²) in [5, 5.41) is 3.32. The minimum Gasteiger partial charge on any atom is -0.421 e. The van der Waals surface area contributed by atoms with Crippen molar-refractivity contribution in [2.75, 3.05) is 0 Å². The molecule has 0 unspecified atom stereocenters. The second-order valence-electron chi connectivity index (χ2n) is 3.65. The molecular formula is C10H7F4N3O3. The van der Waals surface area contributed by atoms with Crippen molar-refractivity contribution >= 4 is 12.2 Å². The molecule has 1 aliphatic heterocycles. The standard InChI is InChI=1S/C10H7F4N3O3/c11-9(12)10(13,14)20-7-5(4-16-17-8(15)18)2-1-3-6(7)19-9/h1-4H,(H3,15,17,18). The molecule has 0 spiro atoms. The Morgan fingerprint density at radius 2 is 1.90 bits per heavy atom. The van der Waals surface area contributed by atoms with Gasteiger partial charge in [0, 0.05) is 5.56 Å². The zero-order chi connectivity index (χ0) is 15.0. The molecule has 1 heterocycles. The van der Waals surface area contributed by atoms with Gasteiger partial charge in [0.1, 0.15) is 0 Å². The summed E-state index contributed by atoms with van der Waals surface area (Å²) in [6.07, 6.45) is -8.73. The van der Waals surface area contributed by atoms with Crippen molar-refractivity contribution in [2.45, 2.75) is 12.2 Å². The van der Waals surface area contributed by atoms with Gasteiger partial charge >= 0.3 is 18.2 Å². The Kier molecular flexibility index (Phi) is 3.16. The number of alkyl halides is 4. The monoisotopic (exact) mass is 293 g/mol. The number of hydrogen-bond donors (Lipinski definition) is 2. The predicted octanol–water partition coefficient (Wildman–Crippen LogP) is 1.65. The van der Waals surface area contributed by atoms with E-state index in [1.807, 2.05) is 5.43 Å². The van der Waals surface area contributed by atoms with Gasteiger partial charge in [-0.2, -0.15) is 22.7 Å². The molecule has 0 saturated carbocycles. The molecule has 0 aromatic heterocycles. The lowest BCUT2D eigenvalue weighted by Crippen LogP contribution is -2.52. The number of nitrogens with one attached hydrogen (secondary N) is 1. The van der Waals surface area contributed by atoms with Crippen molar-refractivity contribution in [2.24, 2.45) is 10.8 Å². The number of rotatable bonds is 2. The number of ether oxygens (including phenoxy) is 2. The van der Waals surface area contributed by atoms with E-state index >= 15 is 0 Å². The quantitative estimate of drug-likeness (QED) is 0.494. The Labute approximate surface area is 109 Å². The first-order chi connectivity index (χ1) is 9.23. The maximum absolute atomic E-state index is 13.1. The average molecular weight is 293 g/mol. The second kappa shape index (κ2) is 4.54. The maximum atomic E-state index is 13.1. The van der Waals surface area contributed by atoms with Crippen LogP contribution < -0.4 is 20.6 Å². The number of halogens is 4. The minimum absolute atomic E-state index is 0.105. The van der Waals surface area contributed by atoms with Gasteiger partial charge in [-0.05, 0) is 12.1 Å². The third kappa shape index (κ3) is 2.44. The van der Waals surface area contributed by atoms with Crippen LogP contribution in [0, 0.1) is 0 Å². The highest BCUT2D eigenvalue weighted by Gasteiger charge is 2.66. The van der Waals surface area contributed by atoms with Crippen molar-refractivity contribution in [3.63, 3.8) is 0 Å². The first-order valence-electron chi connectivity index (χ1n) is 5.08. The van der Waals surface area contributed by atoms with Crippen LogP contribution in [0.3, 0.4) is 0 Å². The Balaban J connectivity index is 2.36. The van der Waals surface area contributed by atoms with Crippen molar-refractivity contribution in [3.8, 4) is 11.5 Å². The Hall–Kier alpha value is -2.52. The molecule has 2 rings (SSSR count). The first kappa shape index (κ1) is 13.9. The second-order valence-corrected chi connectivity index (χ2v) is 3.65. The number of fused-ring (bicyclic) bond motifs is 1. The van der Waals surface area contributed by atoms with E-state index < -0.39 is 29.7 Å². The van der Waals surface area contributed by atoms with Crippen LogP contribution in [0.4, 0.5) is 22.4 Å². The summed E-state index contributed by atoms with van der Waals surface area (Å²) in [5.41, 5.74) is 6.44. The van der Waals surface area contributed by atoms with Crippen LogP contribution in [0.25, 0.3) is 0 Å². The summed E-state index contributed by atoms with van der Waals surface area (Å²) in [6.45, 7) is 0. The number of urea groups is 1. The Morgan fingerprint density at radius 1 is 1.25 bits per heavy atom. The third-order valence-electron chi connectivity index (χ3n) is 2.19. The molecule has 3 N–H and O–H groups in total. The van der Waals surface area contributed by atoms with Crippen LogP contribution in [0.1, 0.15) is 5.56 Å². The molecule has 0 bridgehead atoms. The van der Waals surface area contributed by atoms with E-state index in [1.165, 1.54) is 12.1 Å². The molecule has 10 heteroatoms. The maximum Gasteiger partial charge on any atom is 0.507 e. The average Bonchev–Trinajstić information content (AvgIpc) is 2.30. The fraction of sp³-hybridized carbons (Fsp3) is 0.200. The number of primary amides is 1. The van der Waals surface area contributed by atoms with Gasteiger partial charge in [0.15, 0.2) is 11.5 Å². The summed E-state index contributed by atoms with van der Waals surface area (Å²) in [5.74, 6) is -1.21. The highest BCUT2D eigenvalue weighted by molar-refractivity contribution is 5.86. The fourth-order valence-electron chi connectivity index (χ4n) is 1.37. The van der Waals surface area contributed by atoms with E-state index in [1.54, 1.807) is 0 Å². The highest BCUT2D eigenvalue weighted by atomic mass is 19.3. The van der Waals surface area contributed by atoms with Gasteiger partial charge in [-0.1, -0.05) is 6.07 Å². The molecule has 1 aromatic carbocycles. The first-order valence-corrected chi connectivity index (χ1v) is 5.08. The molecule has 0 atom stereocenters. The predicted molar refractivity (Wildman–Crippen MR) is 57.9 cm³/mol. The van der Waals surface area contributed by atoms with E-state index in [9.17, 15) is 22.4 Å². The number of hydrogen-bond acceptors (Lipinski definition) is 4. The lowest BCUT2D eigenvalue weighted by molar-refractivity contribution is -0.391. The lowest BCUT2D eigenvalue weighted by Gasteiger charge is -2.32. The molecule has 0 fully saturated rings. The van der Waals surface area contributed by atoms with Crippen molar-refractivity contribution in [1.82, 2.24) is 5.43 Å². The molecule has 0 aliphatic carbocycles. The molecule has 108 valence electrons. The smallest absolute Gasteiger partial charge is 0.421 e. The molecular weight excluding hydrogens is 286 g/mol. The number of benzene rings is 1. The van der Waals surface area contributed by atoms with Crippen LogP contribution in [0.2, 0.25) is 0 Å². The number of carbonyl (C=O) groups excluding carboxylic acids is 1. The van der Waals surface area contributed by atoms with Crippen LogP contribution in [0.15, 0.2) is 23.3 Å². The molecule has 0 radical (unpaired) electrons. The normalized spacial score (nSPS) is 18.8. The third-order valence-corrected chi connectivity index (χ3v) is 2.19. The van der Waals surface area contributed by atoms with E-state index in [4.69, 9.17) is 5.73 Å². The van der Waals surface area contributed by atoms with Gasteiger partial charge in [-0.15, -0.1) is 0 Å². The molecule has 6 nitrogen and oxygen atoms in total. The Bertz CT molecular complexity index is 577. The number of nitrogens with zero attached hydrogens (tertiary/aromatic N) is 1.